The van der Waals surface area contributed by atoms with Crippen molar-refractivity contribution in [1.82, 2.24) is 15.0 Å². The zero-order valence-electron chi connectivity index (χ0n) is 12.8. The number of halogens is 1. The van der Waals surface area contributed by atoms with Gasteiger partial charge >= 0.3 is 0 Å². The van der Waals surface area contributed by atoms with Crippen molar-refractivity contribution in [3.05, 3.63) is 16.5 Å². The molecule has 0 aromatic carbocycles. The molecular formula is C15H22ClN3O3. The number of piperazine rings is 1. The van der Waals surface area contributed by atoms with E-state index in [0.717, 1.165) is 32.4 Å². The Balaban J connectivity index is 1.54. The van der Waals surface area contributed by atoms with Gasteiger partial charge in [-0.1, -0.05) is 5.16 Å². The lowest BCUT2D eigenvalue weighted by Crippen LogP contribution is -2.53. The van der Waals surface area contributed by atoms with Gasteiger partial charge in [-0.25, -0.2) is 0 Å². The number of hydrogen-bond acceptors (Lipinski definition) is 5. The molecule has 0 spiro atoms. The van der Waals surface area contributed by atoms with E-state index in [0.29, 0.717) is 24.3 Å². The summed E-state index contributed by atoms with van der Waals surface area (Å²) < 4.78 is 4.89. The van der Waals surface area contributed by atoms with E-state index in [1.165, 1.54) is 0 Å². The Kier molecular flexibility index (Phi) is 4.70. The van der Waals surface area contributed by atoms with E-state index >= 15 is 0 Å². The van der Waals surface area contributed by atoms with E-state index in [2.05, 4.69) is 10.1 Å². The van der Waals surface area contributed by atoms with Crippen LogP contribution in [0.25, 0.3) is 0 Å². The molecule has 2 aliphatic rings. The number of aliphatic hydroxyl groups excluding tert-OH is 1. The lowest BCUT2D eigenvalue weighted by atomic mass is 10.1. The van der Waals surface area contributed by atoms with Crippen LogP contribution in [0.4, 0.5) is 0 Å². The number of carbonyl (C=O) groups excluding carboxylic acids is 1. The minimum absolute atomic E-state index is 0.0554. The number of aryl methyl sites for hydroxylation is 1. The first-order chi connectivity index (χ1) is 10.6. The Hall–Kier alpha value is -1.11. The molecule has 1 aromatic heterocycles. The van der Waals surface area contributed by atoms with Crippen LogP contribution in [0.15, 0.2) is 4.52 Å². The van der Waals surface area contributed by atoms with E-state index in [1.54, 1.807) is 6.92 Å². The molecule has 0 radical (unpaired) electrons. The van der Waals surface area contributed by atoms with E-state index < -0.39 is 0 Å². The van der Waals surface area contributed by atoms with Crippen LogP contribution in [0.1, 0.15) is 30.5 Å². The summed E-state index contributed by atoms with van der Waals surface area (Å²) in [6, 6.07) is 0.270. The maximum atomic E-state index is 12.4. The lowest BCUT2D eigenvalue weighted by molar-refractivity contribution is -0.132. The van der Waals surface area contributed by atoms with Crippen LogP contribution in [-0.4, -0.2) is 64.3 Å². The molecule has 2 fully saturated rings. The number of nitrogens with zero attached hydrogens (tertiary/aromatic N) is 3. The monoisotopic (exact) mass is 327 g/mol. The first-order valence-corrected chi connectivity index (χ1v) is 8.24. The molecule has 1 amide bonds. The SMILES string of the molecule is Cc1noc(Cl)c1CC(=O)N1CCN([C@H]2CCC[C@H]2O)CC1. The van der Waals surface area contributed by atoms with Gasteiger partial charge in [0.25, 0.3) is 0 Å². The summed E-state index contributed by atoms with van der Waals surface area (Å²) in [5.74, 6) is 0.0554. The number of amides is 1. The van der Waals surface area contributed by atoms with Gasteiger partial charge in [-0.15, -0.1) is 0 Å². The van der Waals surface area contributed by atoms with Crippen molar-refractivity contribution >= 4 is 17.5 Å². The molecule has 22 heavy (non-hydrogen) atoms. The van der Waals surface area contributed by atoms with E-state index in [-0.39, 0.29) is 29.7 Å². The van der Waals surface area contributed by atoms with Gasteiger partial charge in [-0.05, 0) is 37.8 Å². The van der Waals surface area contributed by atoms with Gasteiger partial charge in [0.2, 0.25) is 11.1 Å². The average molecular weight is 328 g/mol. The summed E-state index contributed by atoms with van der Waals surface area (Å²) in [5, 5.41) is 14.0. The average Bonchev–Trinajstić information content (AvgIpc) is 3.08. The van der Waals surface area contributed by atoms with Crippen molar-refractivity contribution in [2.75, 3.05) is 26.2 Å². The molecule has 1 aliphatic carbocycles. The molecule has 2 atom stereocenters. The standard InChI is InChI=1S/C15H22ClN3O3/c1-10-11(15(16)22-17-10)9-14(21)19-7-5-18(6-8-19)12-3-2-4-13(12)20/h12-13,20H,2-9H2,1H3/t12-,13+/m0/s1. The van der Waals surface area contributed by atoms with Gasteiger partial charge in [0, 0.05) is 37.8 Å². The Morgan fingerprint density at radius 3 is 2.64 bits per heavy atom. The third kappa shape index (κ3) is 3.14. The number of aromatic nitrogens is 1. The topological polar surface area (TPSA) is 69.8 Å². The molecule has 1 aliphatic heterocycles. The maximum absolute atomic E-state index is 12.4. The van der Waals surface area contributed by atoms with Gasteiger partial charge in [-0.3, -0.25) is 9.69 Å². The fourth-order valence-electron chi connectivity index (χ4n) is 3.47. The summed E-state index contributed by atoms with van der Waals surface area (Å²) in [6.45, 7) is 4.83. The van der Waals surface area contributed by atoms with E-state index in [4.69, 9.17) is 16.1 Å². The molecule has 1 saturated carbocycles. The number of rotatable bonds is 3. The summed E-state index contributed by atoms with van der Waals surface area (Å²) in [6.07, 6.45) is 3.08. The normalized spacial score (nSPS) is 26.6. The summed E-state index contributed by atoms with van der Waals surface area (Å²) in [7, 11) is 0. The van der Waals surface area contributed by atoms with Crippen LogP contribution in [-0.2, 0) is 11.2 Å². The Labute approximate surface area is 135 Å². The minimum Gasteiger partial charge on any atom is -0.391 e. The highest BCUT2D eigenvalue weighted by Crippen LogP contribution is 2.25. The zero-order valence-corrected chi connectivity index (χ0v) is 13.6. The van der Waals surface area contributed by atoms with Gasteiger partial charge in [0.1, 0.15) is 0 Å². The molecule has 122 valence electrons. The van der Waals surface area contributed by atoms with Crippen LogP contribution in [0, 0.1) is 6.92 Å². The molecule has 0 bridgehead atoms. The summed E-state index contributed by atoms with van der Waals surface area (Å²) in [4.78, 5) is 16.6. The minimum atomic E-state index is -0.208. The molecule has 1 N–H and O–H groups in total. The molecule has 2 heterocycles. The largest absolute Gasteiger partial charge is 0.391 e. The number of aliphatic hydroxyl groups is 1. The second-order valence-electron chi connectivity index (χ2n) is 6.18. The fourth-order valence-corrected chi connectivity index (χ4v) is 3.71. The highest BCUT2D eigenvalue weighted by molar-refractivity contribution is 6.29. The van der Waals surface area contributed by atoms with Gasteiger partial charge in [-0.2, -0.15) is 0 Å². The summed E-state index contributed by atoms with van der Waals surface area (Å²) in [5.41, 5.74) is 1.35. The third-order valence-electron chi connectivity index (χ3n) is 4.84. The number of carbonyl (C=O) groups is 1. The quantitative estimate of drug-likeness (QED) is 0.904. The van der Waals surface area contributed by atoms with Crippen molar-refractivity contribution in [3.8, 4) is 0 Å². The van der Waals surface area contributed by atoms with Gasteiger partial charge in [0.05, 0.1) is 18.2 Å². The molecule has 1 aromatic rings. The van der Waals surface area contributed by atoms with Crippen LogP contribution in [0.5, 0.6) is 0 Å². The predicted molar refractivity (Wildman–Crippen MR) is 81.8 cm³/mol. The summed E-state index contributed by atoms with van der Waals surface area (Å²) >= 11 is 5.92. The van der Waals surface area contributed by atoms with E-state index in [9.17, 15) is 9.90 Å². The zero-order chi connectivity index (χ0) is 15.7. The van der Waals surface area contributed by atoms with Gasteiger partial charge < -0.3 is 14.5 Å². The highest BCUT2D eigenvalue weighted by atomic mass is 35.5. The molecule has 0 unspecified atom stereocenters. The van der Waals surface area contributed by atoms with Crippen molar-refractivity contribution in [2.24, 2.45) is 0 Å². The van der Waals surface area contributed by atoms with E-state index in [1.807, 2.05) is 4.90 Å². The third-order valence-corrected chi connectivity index (χ3v) is 5.14. The Morgan fingerprint density at radius 1 is 1.36 bits per heavy atom. The van der Waals surface area contributed by atoms with Crippen molar-refractivity contribution in [3.63, 3.8) is 0 Å². The molecule has 7 heteroatoms. The smallest absolute Gasteiger partial charge is 0.229 e. The van der Waals surface area contributed by atoms with Crippen molar-refractivity contribution in [2.45, 2.75) is 44.8 Å². The van der Waals surface area contributed by atoms with Crippen LogP contribution >= 0.6 is 11.6 Å². The molecular weight excluding hydrogens is 306 g/mol. The fraction of sp³-hybridized carbons (Fsp3) is 0.733. The lowest BCUT2D eigenvalue weighted by Gasteiger charge is -2.39. The van der Waals surface area contributed by atoms with Crippen molar-refractivity contribution in [1.29, 1.82) is 0 Å². The second kappa shape index (κ2) is 6.56. The Morgan fingerprint density at radius 2 is 2.09 bits per heavy atom. The molecule has 1 saturated heterocycles. The molecule has 3 rings (SSSR count). The van der Waals surface area contributed by atoms with Crippen LogP contribution in [0.2, 0.25) is 5.22 Å². The van der Waals surface area contributed by atoms with Crippen molar-refractivity contribution < 1.29 is 14.4 Å². The first kappa shape index (κ1) is 15.8. The molecule has 6 nitrogen and oxygen atoms in total. The number of hydrogen-bond donors (Lipinski definition) is 1. The van der Waals surface area contributed by atoms with Crippen LogP contribution in [0.3, 0.4) is 0 Å². The maximum Gasteiger partial charge on any atom is 0.229 e. The van der Waals surface area contributed by atoms with Gasteiger partial charge in [0.15, 0.2) is 0 Å². The predicted octanol–water partition coefficient (Wildman–Crippen LogP) is 1.24. The highest BCUT2D eigenvalue weighted by Gasteiger charge is 2.33. The van der Waals surface area contributed by atoms with Crippen LogP contribution < -0.4 is 0 Å². The Bertz CT molecular complexity index is 521. The second-order valence-corrected chi connectivity index (χ2v) is 6.52. The first-order valence-electron chi connectivity index (χ1n) is 7.87.